The zero-order chi connectivity index (χ0) is 12.3. The van der Waals surface area contributed by atoms with E-state index in [1.54, 1.807) is 0 Å². The Morgan fingerprint density at radius 1 is 1.06 bits per heavy atom. The molecule has 0 aromatic heterocycles. The van der Waals surface area contributed by atoms with E-state index in [4.69, 9.17) is 14.7 Å². The number of nitrogens with zero attached hydrogens (tertiary/aromatic N) is 1. The smallest absolute Gasteiger partial charge is 0.160 e. The first-order valence-electron chi connectivity index (χ1n) is 6.83. The van der Waals surface area contributed by atoms with Crippen LogP contribution < -0.4 is 0 Å². The van der Waals surface area contributed by atoms with Crippen molar-refractivity contribution in [1.29, 1.82) is 5.26 Å². The predicted molar refractivity (Wildman–Crippen MR) is 65.1 cm³/mol. The van der Waals surface area contributed by atoms with Gasteiger partial charge in [0, 0.05) is 17.8 Å². The highest BCUT2D eigenvalue weighted by Crippen LogP contribution is 2.34. The summed E-state index contributed by atoms with van der Waals surface area (Å²) in [6.45, 7) is 6.10. The van der Waals surface area contributed by atoms with Gasteiger partial charge in [0.05, 0.1) is 19.3 Å². The molecule has 96 valence electrons. The molecule has 1 aliphatic heterocycles. The van der Waals surface area contributed by atoms with E-state index >= 15 is 0 Å². The fraction of sp³-hybridized carbons (Fsp3) is 0.929. The third-order valence-corrected chi connectivity index (χ3v) is 4.23. The maximum atomic E-state index is 8.87. The average Bonchev–Trinajstić information content (AvgIpc) is 2.39. The number of hydrogen-bond acceptors (Lipinski definition) is 3. The Morgan fingerprint density at radius 3 is 2.12 bits per heavy atom. The van der Waals surface area contributed by atoms with Crippen LogP contribution in [0.5, 0.6) is 0 Å². The Labute approximate surface area is 104 Å². The molecule has 0 spiro atoms. The van der Waals surface area contributed by atoms with Gasteiger partial charge in [-0.05, 0) is 31.6 Å². The van der Waals surface area contributed by atoms with Gasteiger partial charge in [-0.1, -0.05) is 13.8 Å². The molecular formula is C14H23NO2. The quantitative estimate of drug-likeness (QED) is 0.741. The molecule has 0 aromatic rings. The summed E-state index contributed by atoms with van der Waals surface area (Å²) in [4.78, 5) is 0. The molecule has 0 radical (unpaired) electrons. The maximum Gasteiger partial charge on any atom is 0.160 e. The molecule has 2 aliphatic rings. The molecule has 3 nitrogen and oxygen atoms in total. The summed E-state index contributed by atoms with van der Waals surface area (Å²) in [5, 5.41) is 8.87. The fourth-order valence-electron chi connectivity index (χ4n) is 2.71. The molecule has 0 bridgehead atoms. The third-order valence-electron chi connectivity index (χ3n) is 4.23. The number of nitriles is 1. The standard InChI is InChI=1S/C14H23NO2/c1-10(2)13-8-16-14(17-9-13)12-5-3-11(7-15)4-6-12/h10-14H,3-6,8-9H2,1-2H3. The van der Waals surface area contributed by atoms with Crippen LogP contribution in [0.2, 0.25) is 0 Å². The summed E-state index contributed by atoms with van der Waals surface area (Å²) in [5.74, 6) is 1.94. The van der Waals surface area contributed by atoms with E-state index < -0.39 is 0 Å². The second-order valence-electron chi connectivity index (χ2n) is 5.78. The van der Waals surface area contributed by atoms with E-state index in [9.17, 15) is 0 Å². The van der Waals surface area contributed by atoms with Crippen LogP contribution in [0.1, 0.15) is 39.5 Å². The van der Waals surface area contributed by atoms with E-state index in [0.717, 1.165) is 38.9 Å². The van der Waals surface area contributed by atoms with Crippen molar-refractivity contribution in [3.8, 4) is 6.07 Å². The van der Waals surface area contributed by atoms with Gasteiger partial charge in [-0.2, -0.15) is 5.26 Å². The lowest BCUT2D eigenvalue weighted by atomic mass is 9.82. The highest BCUT2D eigenvalue weighted by molar-refractivity contribution is 4.88. The maximum absolute atomic E-state index is 8.87. The molecule has 0 unspecified atom stereocenters. The SMILES string of the molecule is CC(C)C1COC(C2CCC(C#N)CC2)OC1. The summed E-state index contributed by atoms with van der Waals surface area (Å²) in [7, 11) is 0. The third kappa shape index (κ3) is 3.20. The molecule has 17 heavy (non-hydrogen) atoms. The zero-order valence-corrected chi connectivity index (χ0v) is 10.9. The fourth-order valence-corrected chi connectivity index (χ4v) is 2.71. The number of hydrogen-bond donors (Lipinski definition) is 0. The van der Waals surface area contributed by atoms with Gasteiger partial charge in [0.2, 0.25) is 0 Å². The van der Waals surface area contributed by atoms with Crippen LogP contribution in [-0.2, 0) is 9.47 Å². The first kappa shape index (κ1) is 12.9. The van der Waals surface area contributed by atoms with E-state index in [1.165, 1.54) is 0 Å². The normalized spacial score (nSPS) is 38.9. The van der Waals surface area contributed by atoms with Gasteiger partial charge in [0.15, 0.2) is 6.29 Å². The van der Waals surface area contributed by atoms with E-state index in [2.05, 4.69) is 19.9 Å². The lowest BCUT2D eigenvalue weighted by Crippen LogP contribution is -2.39. The molecule has 0 atom stereocenters. The van der Waals surface area contributed by atoms with Crippen LogP contribution >= 0.6 is 0 Å². The minimum absolute atomic E-state index is 0.00959. The van der Waals surface area contributed by atoms with Gasteiger partial charge in [0.25, 0.3) is 0 Å². The Balaban J connectivity index is 1.76. The summed E-state index contributed by atoms with van der Waals surface area (Å²) in [6.07, 6.45) is 4.17. The monoisotopic (exact) mass is 237 g/mol. The Kier molecular flexibility index (Phi) is 4.42. The molecule has 3 heteroatoms. The number of ether oxygens (including phenoxy) is 2. The summed E-state index contributed by atoms with van der Waals surface area (Å²) >= 11 is 0. The van der Waals surface area contributed by atoms with E-state index in [0.29, 0.717) is 17.8 Å². The molecule has 1 aliphatic carbocycles. The van der Waals surface area contributed by atoms with Crippen molar-refractivity contribution in [3.63, 3.8) is 0 Å². The molecule has 0 aromatic carbocycles. The summed E-state index contributed by atoms with van der Waals surface area (Å²) in [6, 6.07) is 2.37. The van der Waals surface area contributed by atoms with Gasteiger partial charge in [-0.15, -0.1) is 0 Å². The second-order valence-corrected chi connectivity index (χ2v) is 5.78. The van der Waals surface area contributed by atoms with Crippen molar-refractivity contribution in [2.45, 2.75) is 45.8 Å². The molecule has 2 fully saturated rings. The molecule has 2 rings (SSSR count). The highest BCUT2D eigenvalue weighted by atomic mass is 16.7. The molecule has 0 amide bonds. The Bertz CT molecular complexity index is 268. The van der Waals surface area contributed by atoms with Crippen LogP contribution in [0, 0.1) is 35.0 Å². The number of rotatable bonds is 2. The Morgan fingerprint density at radius 2 is 1.65 bits per heavy atom. The van der Waals surface area contributed by atoms with Crippen molar-refractivity contribution in [2.75, 3.05) is 13.2 Å². The predicted octanol–water partition coefficient (Wildman–Crippen LogP) is 2.96. The van der Waals surface area contributed by atoms with Crippen LogP contribution in [0.4, 0.5) is 0 Å². The molecule has 1 saturated carbocycles. The van der Waals surface area contributed by atoms with E-state index in [1.807, 2.05) is 0 Å². The summed E-state index contributed by atoms with van der Waals surface area (Å²) < 4.78 is 11.7. The minimum Gasteiger partial charge on any atom is -0.352 e. The van der Waals surface area contributed by atoms with Crippen LogP contribution in [0.25, 0.3) is 0 Å². The van der Waals surface area contributed by atoms with Crippen molar-refractivity contribution < 1.29 is 9.47 Å². The minimum atomic E-state index is -0.00959. The largest absolute Gasteiger partial charge is 0.352 e. The van der Waals surface area contributed by atoms with Gasteiger partial charge in [-0.3, -0.25) is 0 Å². The topological polar surface area (TPSA) is 42.2 Å². The first-order valence-corrected chi connectivity index (χ1v) is 6.83. The second kappa shape index (κ2) is 5.84. The van der Waals surface area contributed by atoms with Crippen molar-refractivity contribution >= 4 is 0 Å². The molecule has 0 N–H and O–H groups in total. The molecule has 1 saturated heterocycles. The van der Waals surface area contributed by atoms with Gasteiger partial charge in [0.1, 0.15) is 0 Å². The van der Waals surface area contributed by atoms with Crippen LogP contribution in [0.15, 0.2) is 0 Å². The van der Waals surface area contributed by atoms with Crippen molar-refractivity contribution in [2.24, 2.45) is 23.7 Å². The van der Waals surface area contributed by atoms with Crippen LogP contribution in [-0.4, -0.2) is 19.5 Å². The van der Waals surface area contributed by atoms with E-state index in [-0.39, 0.29) is 12.2 Å². The first-order chi connectivity index (χ1) is 8.20. The van der Waals surface area contributed by atoms with Gasteiger partial charge in [-0.25, -0.2) is 0 Å². The van der Waals surface area contributed by atoms with Gasteiger partial charge < -0.3 is 9.47 Å². The molecule has 1 heterocycles. The lowest BCUT2D eigenvalue weighted by Gasteiger charge is -2.37. The molecular weight excluding hydrogens is 214 g/mol. The van der Waals surface area contributed by atoms with Crippen molar-refractivity contribution in [3.05, 3.63) is 0 Å². The van der Waals surface area contributed by atoms with Crippen molar-refractivity contribution in [1.82, 2.24) is 0 Å². The van der Waals surface area contributed by atoms with Gasteiger partial charge >= 0.3 is 0 Å². The highest BCUT2D eigenvalue weighted by Gasteiger charge is 2.33. The average molecular weight is 237 g/mol. The Hall–Kier alpha value is -0.590. The van der Waals surface area contributed by atoms with Crippen LogP contribution in [0.3, 0.4) is 0 Å². The lowest BCUT2D eigenvalue weighted by molar-refractivity contribution is -0.233. The summed E-state index contributed by atoms with van der Waals surface area (Å²) in [5.41, 5.74) is 0. The zero-order valence-electron chi connectivity index (χ0n) is 10.9.